The summed E-state index contributed by atoms with van der Waals surface area (Å²) >= 11 is 5.29. The molecule has 1 aliphatic heterocycles. The first kappa shape index (κ1) is 48.0. The molecule has 0 radical (unpaired) electrons. The second-order valence-corrected chi connectivity index (χ2v) is 19.4. The van der Waals surface area contributed by atoms with Crippen molar-refractivity contribution in [2.24, 2.45) is 0 Å². The number of hydrogen-bond acceptors (Lipinski definition) is 3. The van der Waals surface area contributed by atoms with Gasteiger partial charge in [0.25, 0.3) is 0 Å². The van der Waals surface area contributed by atoms with Gasteiger partial charge >= 0.3 is 0 Å². The third kappa shape index (κ3) is 9.49. The number of allylic oxidation sites excluding steroid dienone is 4. The van der Waals surface area contributed by atoms with Crippen LogP contribution in [0.5, 0.6) is 0 Å². The van der Waals surface area contributed by atoms with E-state index in [1.807, 2.05) is 13.0 Å². The molecule has 4 heteroatoms. The molecular weight excluding hydrogens is 909 g/mol. The lowest BCUT2D eigenvalue weighted by Gasteiger charge is -2.30. The zero-order valence-electron chi connectivity index (χ0n) is 41.6. The van der Waals surface area contributed by atoms with Gasteiger partial charge in [-0.25, -0.2) is 0 Å². The second-order valence-electron chi connectivity index (χ2n) is 18.4. The van der Waals surface area contributed by atoms with Crippen molar-refractivity contribution in [2.45, 2.75) is 40.0 Å². The first-order valence-corrected chi connectivity index (χ1v) is 26.8. The fourth-order valence-electron chi connectivity index (χ4n) is 10.6. The van der Waals surface area contributed by atoms with Crippen LogP contribution in [0.2, 0.25) is 0 Å². The van der Waals surface area contributed by atoms with Crippen LogP contribution in [0, 0.1) is 13.8 Å². The molecule has 0 fully saturated rings. The van der Waals surface area contributed by atoms with Crippen LogP contribution in [0.4, 0.5) is 11.4 Å². The van der Waals surface area contributed by atoms with E-state index in [0.717, 1.165) is 36.9 Å². The summed E-state index contributed by atoms with van der Waals surface area (Å²) < 4.78 is 2.56. The van der Waals surface area contributed by atoms with Gasteiger partial charge in [-0.3, -0.25) is 0 Å². The SMILES string of the molecule is C/C=C\c1cccs1.C=C1/C=C(/c2ccccc2)CCN(c2ccccc2)c2ccc(-c3ccc4c(c3)c3c(n4-c4ccc5c6c(cccc46)-c4ccccc4-5)CCC=C3)cc21.CS.Cc1ccccc1C. The number of anilines is 2. The van der Waals surface area contributed by atoms with Crippen molar-refractivity contribution < 1.29 is 0 Å². The van der Waals surface area contributed by atoms with E-state index in [1.54, 1.807) is 17.6 Å². The number of aryl methyl sites for hydroxylation is 2. The van der Waals surface area contributed by atoms with E-state index in [1.165, 1.54) is 111 Å². The number of fused-ring (bicyclic) bond motifs is 7. The van der Waals surface area contributed by atoms with Crippen LogP contribution in [0.3, 0.4) is 0 Å². The Morgan fingerprint density at radius 1 is 0.569 bits per heavy atom. The highest BCUT2D eigenvalue weighted by Gasteiger charge is 2.26. The second kappa shape index (κ2) is 21.8. The van der Waals surface area contributed by atoms with Gasteiger partial charge in [0.05, 0.1) is 11.2 Å². The highest BCUT2D eigenvalue weighted by Crippen LogP contribution is 2.49. The first-order chi connectivity index (χ1) is 35.4. The molecule has 0 N–H and O–H groups in total. The molecule has 2 nitrogen and oxygen atoms in total. The third-order valence-corrected chi connectivity index (χ3v) is 15.0. The number of aromatic nitrogens is 1. The molecule has 354 valence electrons. The van der Waals surface area contributed by atoms with Crippen LogP contribution < -0.4 is 4.90 Å². The van der Waals surface area contributed by atoms with Crippen LogP contribution in [0.15, 0.2) is 218 Å². The number of rotatable bonds is 5. The largest absolute Gasteiger partial charge is 0.341 e. The minimum atomic E-state index is 0.881. The van der Waals surface area contributed by atoms with Crippen molar-refractivity contribution in [2.75, 3.05) is 17.7 Å². The van der Waals surface area contributed by atoms with Crippen LogP contribution in [0.25, 0.3) is 84.0 Å². The van der Waals surface area contributed by atoms with Gasteiger partial charge in [-0.15, -0.1) is 11.3 Å². The van der Waals surface area contributed by atoms with Gasteiger partial charge in [-0.05, 0) is 173 Å². The molecular formula is C68H60N2S2. The lowest BCUT2D eigenvalue weighted by atomic mass is 9.91. The Hall–Kier alpha value is -7.63. The van der Waals surface area contributed by atoms with Crippen molar-refractivity contribution in [1.82, 2.24) is 4.57 Å². The summed E-state index contributed by atoms with van der Waals surface area (Å²) in [6.07, 6.45) is 15.8. The Kier molecular flexibility index (Phi) is 14.5. The Morgan fingerprint density at radius 2 is 1.22 bits per heavy atom. The number of hydrogen-bond donors (Lipinski definition) is 1. The Labute approximate surface area is 435 Å². The molecule has 2 aliphatic carbocycles. The fraction of sp³-hybridized carbons (Fsp3) is 0.118. The standard InChI is InChI=1S/C52H38N2.C8H10.C7H8S.CH4S/c1-34-31-38(35-13-4-2-5-14-35)29-30-53(39-15-6-3-7-16-39)48-26-23-36(32-46(34)48)37-24-27-51-47(33-37)42-19-10-11-22-49(42)54(51)50-28-25-44-41-18-9-8-17-40(41)43-20-12-21-45(50)52(43)44;1-7-5-3-4-6-8(7)2;1-2-4-7-5-3-6-8-7;1-2/h2-10,12-21,23-28,31-33H,1,11,22,29-30H2;3-6H,1-2H3;2-6H,1H3;2H,1H3/b38-31+;;4-2-;. The van der Waals surface area contributed by atoms with Gasteiger partial charge < -0.3 is 9.47 Å². The summed E-state index contributed by atoms with van der Waals surface area (Å²) in [5, 5.41) is 6.05. The van der Waals surface area contributed by atoms with Gasteiger partial charge in [-0.2, -0.15) is 12.6 Å². The lowest BCUT2D eigenvalue weighted by molar-refractivity contribution is 0.892. The van der Waals surface area contributed by atoms with Gasteiger partial charge in [0.15, 0.2) is 0 Å². The number of thiol groups is 1. The molecule has 0 spiro atoms. The third-order valence-electron chi connectivity index (χ3n) is 14.1. The predicted molar refractivity (Wildman–Crippen MR) is 319 cm³/mol. The van der Waals surface area contributed by atoms with Gasteiger partial charge in [-0.1, -0.05) is 170 Å². The Morgan fingerprint density at radius 3 is 1.93 bits per heavy atom. The normalized spacial score (nSPS) is 13.8. The highest BCUT2D eigenvalue weighted by molar-refractivity contribution is 7.79. The van der Waals surface area contributed by atoms with Crippen molar-refractivity contribution in [3.63, 3.8) is 0 Å². The van der Waals surface area contributed by atoms with Gasteiger partial charge in [0, 0.05) is 50.4 Å². The molecule has 2 aromatic heterocycles. The number of para-hydroxylation sites is 1. The van der Waals surface area contributed by atoms with E-state index >= 15 is 0 Å². The molecule has 3 heterocycles. The molecule has 3 aliphatic rings. The maximum atomic E-state index is 4.68. The molecule has 0 atom stereocenters. The van der Waals surface area contributed by atoms with Gasteiger partial charge in [0.2, 0.25) is 0 Å². The van der Waals surface area contributed by atoms with E-state index in [0.29, 0.717) is 0 Å². The van der Waals surface area contributed by atoms with Crippen molar-refractivity contribution in [3.8, 4) is 39.1 Å². The fourth-order valence-corrected chi connectivity index (χ4v) is 11.2. The van der Waals surface area contributed by atoms with E-state index in [4.69, 9.17) is 0 Å². The van der Waals surface area contributed by atoms with Crippen molar-refractivity contribution >= 4 is 80.3 Å². The first-order valence-electron chi connectivity index (χ1n) is 25.0. The lowest BCUT2D eigenvalue weighted by Crippen LogP contribution is -2.21. The molecule has 72 heavy (non-hydrogen) atoms. The summed E-state index contributed by atoms with van der Waals surface area (Å²) in [6, 6.07) is 68.5. The average molecular weight is 969 g/mol. The smallest absolute Gasteiger partial charge is 0.0538 e. The average Bonchev–Trinajstić information content (AvgIpc) is 4.16. The molecule has 0 saturated carbocycles. The topological polar surface area (TPSA) is 8.17 Å². The molecule has 8 aromatic carbocycles. The van der Waals surface area contributed by atoms with E-state index in [2.05, 4.69) is 260 Å². The summed E-state index contributed by atoms with van der Waals surface area (Å²) in [5.74, 6) is 0. The minimum Gasteiger partial charge on any atom is -0.341 e. The van der Waals surface area contributed by atoms with Crippen LogP contribution >= 0.6 is 24.0 Å². The van der Waals surface area contributed by atoms with Crippen LogP contribution in [-0.4, -0.2) is 17.4 Å². The summed E-state index contributed by atoms with van der Waals surface area (Å²) in [5.41, 5.74) is 22.9. The zero-order valence-corrected chi connectivity index (χ0v) is 43.4. The maximum absolute atomic E-state index is 4.68. The molecule has 0 bridgehead atoms. The minimum absolute atomic E-state index is 0.881. The number of benzene rings is 8. The van der Waals surface area contributed by atoms with Crippen molar-refractivity contribution in [3.05, 3.63) is 257 Å². The summed E-state index contributed by atoms with van der Waals surface area (Å²) in [6.45, 7) is 11.8. The van der Waals surface area contributed by atoms with Crippen LogP contribution in [0.1, 0.15) is 58.2 Å². The Bertz CT molecular complexity index is 3590. The summed E-state index contributed by atoms with van der Waals surface area (Å²) in [7, 11) is 0. The monoisotopic (exact) mass is 968 g/mol. The predicted octanol–water partition coefficient (Wildman–Crippen LogP) is 19.3. The van der Waals surface area contributed by atoms with Crippen LogP contribution in [-0.2, 0) is 6.42 Å². The molecule has 10 aromatic rings. The van der Waals surface area contributed by atoms with Gasteiger partial charge in [0.1, 0.15) is 0 Å². The summed E-state index contributed by atoms with van der Waals surface area (Å²) in [4.78, 5) is 3.79. The number of thiophene rings is 1. The molecule has 0 unspecified atom stereocenters. The molecule has 0 saturated heterocycles. The quantitative estimate of drug-likeness (QED) is 0.169. The highest BCUT2D eigenvalue weighted by atomic mass is 32.1. The Balaban J connectivity index is 0.000000281. The van der Waals surface area contributed by atoms with E-state index in [-0.39, 0.29) is 0 Å². The molecule has 13 rings (SSSR count). The zero-order chi connectivity index (χ0) is 49.6. The number of nitrogens with zero attached hydrogens (tertiary/aromatic N) is 2. The van der Waals surface area contributed by atoms with E-state index < -0.39 is 0 Å². The van der Waals surface area contributed by atoms with E-state index in [9.17, 15) is 0 Å². The maximum Gasteiger partial charge on any atom is 0.0538 e. The molecule has 0 amide bonds. The van der Waals surface area contributed by atoms with Crippen molar-refractivity contribution in [1.29, 1.82) is 0 Å².